The van der Waals surface area contributed by atoms with Gasteiger partial charge in [-0.05, 0) is 30.3 Å². The van der Waals surface area contributed by atoms with Crippen LogP contribution in [0.2, 0.25) is 0 Å². The summed E-state index contributed by atoms with van der Waals surface area (Å²) >= 11 is 5.70. The predicted molar refractivity (Wildman–Crippen MR) is 66.8 cm³/mol. The summed E-state index contributed by atoms with van der Waals surface area (Å²) in [7, 11) is 0. The standard InChI is InChI=1S/C11H14ClN3O3/c12-6-7-14(8-2-1-3-8)11(16)9-4-5-10(13-9)15(17)18/h4-5,8,13H,1-3,6-7H2. The largest absolute Gasteiger partial charge is 0.358 e. The number of hydrogen-bond donors (Lipinski definition) is 1. The van der Waals surface area contributed by atoms with Crippen molar-refractivity contribution in [3.63, 3.8) is 0 Å². The minimum atomic E-state index is -0.550. The minimum absolute atomic E-state index is 0.169. The van der Waals surface area contributed by atoms with E-state index >= 15 is 0 Å². The van der Waals surface area contributed by atoms with Gasteiger partial charge in [-0.3, -0.25) is 4.79 Å². The first kappa shape index (κ1) is 12.9. The number of amides is 1. The molecule has 98 valence electrons. The van der Waals surface area contributed by atoms with E-state index in [4.69, 9.17) is 11.6 Å². The molecule has 0 bridgehead atoms. The van der Waals surface area contributed by atoms with Crippen molar-refractivity contribution in [2.45, 2.75) is 25.3 Å². The highest BCUT2D eigenvalue weighted by Crippen LogP contribution is 2.26. The fraction of sp³-hybridized carbons (Fsp3) is 0.545. The zero-order valence-electron chi connectivity index (χ0n) is 9.76. The third kappa shape index (κ3) is 2.48. The van der Waals surface area contributed by atoms with Gasteiger partial charge in [0.1, 0.15) is 0 Å². The lowest BCUT2D eigenvalue weighted by Gasteiger charge is -2.36. The van der Waals surface area contributed by atoms with Gasteiger partial charge < -0.3 is 15.0 Å². The summed E-state index contributed by atoms with van der Waals surface area (Å²) in [4.78, 5) is 26.5. The minimum Gasteiger partial charge on any atom is -0.358 e. The Bertz CT molecular complexity index is 456. The molecule has 0 radical (unpaired) electrons. The zero-order valence-corrected chi connectivity index (χ0v) is 10.5. The highest BCUT2D eigenvalue weighted by atomic mass is 35.5. The van der Waals surface area contributed by atoms with Crippen molar-refractivity contribution < 1.29 is 9.72 Å². The Morgan fingerprint density at radius 2 is 2.28 bits per heavy atom. The topological polar surface area (TPSA) is 79.2 Å². The first-order chi connectivity index (χ1) is 8.63. The Kier molecular flexibility index (Phi) is 3.86. The highest BCUT2D eigenvalue weighted by Gasteiger charge is 2.31. The first-order valence-corrected chi connectivity index (χ1v) is 6.37. The van der Waals surface area contributed by atoms with Crippen LogP contribution in [0.3, 0.4) is 0 Å². The van der Waals surface area contributed by atoms with E-state index in [-0.39, 0.29) is 23.5 Å². The van der Waals surface area contributed by atoms with Crippen molar-refractivity contribution in [2.75, 3.05) is 12.4 Å². The van der Waals surface area contributed by atoms with E-state index in [1.54, 1.807) is 4.90 Å². The Morgan fingerprint density at radius 1 is 1.56 bits per heavy atom. The van der Waals surface area contributed by atoms with Gasteiger partial charge in [-0.2, -0.15) is 0 Å². The van der Waals surface area contributed by atoms with Gasteiger partial charge in [0, 0.05) is 24.5 Å². The quantitative estimate of drug-likeness (QED) is 0.506. The summed E-state index contributed by atoms with van der Waals surface area (Å²) in [6, 6.07) is 2.96. The Labute approximate surface area is 109 Å². The van der Waals surface area contributed by atoms with Gasteiger partial charge in [0.05, 0.1) is 0 Å². The molecule has 1 N–H and O–H groups in total. The maximum atomic E-state index is 12.2. The molecule has 6 nitrogen and oxygen atoms in total. The SMILES string of the molecule is O=C(c1ccc([N+](=O)[O-])[nH]1)N(CCCl)C1CCC1. The zero-order chi connectivity index (χ0) is 13.1. The average molecular weight is 272 g/mol. The Morgan fingerprint density at radius 3 is 2.72 bits per heavy atom. The van der Waals surface area contributed by atoms with E-state index in [1.807, 2.05) is 0 Å². The number of halogens is 1. The van der Waals surface area contributed by atoms with Crippen molar-refractivity contribution >= 4 is 23.3 Å². The van der Waals surface area contributed by atoms with Gasteiger partial charge >= 0.3 is 5.82 Å². The normalized spacial score (nSPS) is 15.2. The molecule has 1 amide bonds. The molecular formula is C11H14ClN3O3. The summed E-state index contributed by atoms with van der Waals surface area (Å²) in [6.07, 6.45) is 3.07. The second-order valence-corrected chi connectivity index (χ2v) is 4.66. The van der Waals surface area contributed by atoms with Gasteiger partial charge in [-0.15, -0.1) is 11.6 Å². The summed E-state index contributed by atoms with van der Waals surface area (Å²) in [5.74, 6) is -0.0170. The van der Waals surface area contributed by atoms with Crippen LogP contribution in [0.15, 0.2) is 12.1 Å². The first-order valence-electron chi connectivity index (χ1n) is 5.84. The molecule has 18 heavy (non-hydrogen) atoms. The van der Waals surface area contributed by atoms with Crippen LogP contribution in [0.1, 0.15) is 29.8 Å². The molecule has 0 aromatic carbocycles. The van der Waals surface area contributed by atoms with Gasteiger partial charge in [0.25, 0.3) is 5.91 Å². The van der Waals surface area contributed by atoms with Crippen molar-refractivity contribution in [3.05, 3.63) is 27.9 Å². The third-order valence-electron chi connectivity index (χ3n) is 3.20. The highest BCUT2D eigenvalue weighted by molar-refractivity contribution is 6.18. The van der Waals surface area contributed by atoms with Crippen LogP contribution < -0.4 is 0 Å². The fourth-order valence-corrected chi connectivity index (χ4v) is 2.19. The molecule has 1 aromatic rings. The fourth-order valence-electron chi connectivity index (χ4n) is 2.01. The van der Waals surface area contributed by atoms with E-state index < -0.39 is 4.92 Å². The van der Waals surface area contributed by atoms with Crippen LogP contribution in [0.25, 0.3) is 0 Å². The van der Waals surface area contributed by atoms with Crippen LogP contribution in [-0.4, -0.2) is 39.2 Å². The Balaban J connectivity index is 2.13. The summed E-state index contributed by atoms with van der Waals surface area (Å²) in [6.45, 7) is 0.470. The van der Waals surface area contributed by atoms with E-state index in [2.05, 4.69) is 4.98 Å². The number of nitro groups is 1. The number of nitrogens with zero attached hydrogens (tertiary/aromatic N) is 2. The lowest BCUT2D eigenvalue weighted by molar-refractivity contribution is -0.389. The van der Waals surface area contributed by atoms with Crippen LogP contribution in [-0.2, 0) is 0 Å². The van der Waals surface area contributed by atoms with Crippen molar-refractivity contribution in [3.8, 4) is 0 Å². The van der Waals surface area contributed by atoms with Gasteiger partial charge in [-0.25, -0.2) is 4.98 Å². The molecule has 1 aliphatic rings. The monoisotopic (exact) mass is 271 g/mol. The van der Waals surface area contributed by atoms with E-state index in [0.717, 1.165) is 19.3 Å². The smallest absolute Gasteiger partial charge is 0.321 e. The van der Waals surface area contributed by atoms with Gasteiger partial charge in [-0.1, -0.05) is 0 Å². The molecule has 0 atom stereocenters. The summed E-state index contributed by atoms with van der Waals surface area (Å²) < 4.78 is 0. The molecule has 0 unspecified atom stereocenters. The van der Waals surface area contributed by atoms with Gasteiger partial charge in [0.2, 0.25) is 0 Å². The molecule has 7 heteroatoms. The number of carbonyl (C=O) groups excluding carboxylic acids is 1. The average Bonchev–Trinajstić information content (AvgIpc) is 2.74. The van der Waals surface area contributed by atoms with Crippen molar-refractivity contribution in [1.82, 2.24) is 9.88 Å². The van der Waals surface area contributed by atoms with Crippen molar-refractivity contribution in [2.24, 2.45) is 0 Å². The van der Waals surface area contributed by atoms with E-state index in [0.29, 0.717) is 12.4 Å². The van der Waals surface area contributed by atoms with E-state index in [9.17, 15) is 14.9 Å². The van der Waals surface area contributed by atoms with Crippen LogP contribution in [0, 0.1) is 10.1 Å². The van der Waals surface area contributed by atoms with Gasteiger partial charge in [0.15, 0.2) is 5.69 Å². The predicted octanol–water partition coefficient (Wildman–Crippen LogP) is 2.16. The summed E-state index contributed by atoms with van der Waals surface area (Å²) in [5, 5.41) is 10.6. The number of hydrogen-bond acceptors (Lipinski definition) is 3. The number of carbonyl (C=O) groups is 1. The molecule has 1 saturated carbocycles. The van der Waals surface area contributed by atoms with Crippen LogP contribution in [0.4, 0.5) is 5.82 Å². The molecular weight excluding hydrogens is 258 g/mol. The maximum absolute atomic E-state index is 12.2. The molecule has 2 rings (SSSR count). The second kappa shape index (κ2) is 5.39. The molecule has 1 aromatic heterocycles. The lowest BCUT2D eigenvalue weighted by atomic mass is 9.91. The number of H-pyrrole nitrogens is 1. The number of aromatic nitrogens is 1. The molecule has 1 fully saturated rings. The second-order valence-electron chi connectivity index (χ2n) is 4.29. The number of rotatable bonds is 5. The molecule has 1 aliphatic carbocycles. The van der Waals surface area contributed by atoms with Crippen LogP contribution >= 0.6 is 11.6 Å². The molecule has 0 aliphatic heterocycles. The number of nitrogens with one attached hydrogen (secondary N) is 1. The molecule has 0 spiro atoms. The maximum Gasteiger partial charge on any atom is 0.321 e. The lowest BCUT2D eigenvalue weighted by Crippen LogP contribution is -2.45. The summed E-state index contributed by atoms with van der Waals surface area (Å²) in [5.41, 5.74) is 0.249. The molecule has 0 saturated heterocycles. The molecule has 1 heterocycles. The third-order valence-corrected chi connectivity index (χ3v) is 3.37. The van der Waals surface area contributed by atoms with Crippen LogP contribution in [0.5, 0.6) is 0 Å². The van der Waals surface area contributed by atoms with Crippen molar-refractivity contribution in [1.29, 1.82) is 0 Å². The van der Waals surface area contributed by atoms with E-state index in [1.165, 1.54) is 12.1 Å². The number of aromatic amines is 1. The Hall–Kier alpha value is -1.56. The number of alkyl halides is 1.